The van der Waals surface area contributed by atoms with Gasteiger partial charge in [-0.1, -0.05) is 11.6 Å². The van der Waals surface area contributed by atoms with Crippen molar-refractivity contribution in [2.75, 3.05) is 7.11 Å². The van der Waals surface area contributed by atoms with E-state index in [0.29, 0.717) is 5.56 Å². The van der Waals surface area contributed by atoms with Crippen molar-refractivity contribution in [3.8, 4) is 23.6 Å². The van der Waals surface area contributed by atoms with Gasteiger partial charge in [0.2, 0.25) is 0 Å². The molecular weight excluding hydrogens is 278 g/mol. The third-order valence-electron chi connectivity index (χ3n) is 2.01. The van der Waals surface area contributed by atoms with Gasteiger partial charge in [0.25, 0.3) is 0 Å². The standard InChI is InChI=1S/C12H7ClF2N2O2/c1-18-10-4-7(2-8(5-16)6-17)3-9(13)11(10)19-12(14)15/h2-4,12H,1H3. The summed E-state index contributed by atoms with van der Waals surface area (Å²) in [5.74, 6) is -0.318. The largest absolute Gasteiger partial charge is 0.493 e. The van der Waals surface area contributed by atoms with E-state index >= 15 is 0 Å². The monoisotopic (exact) mass is 284 g/mol. The molecule has 0 radical (unpaired) electrons. The highest BCUT2D eigenvalue weighted by molar-refractivity contribution is 6.32. The first-order valence-corrected chi connectivity index (χ1v) is 5.23. The van der Waals surface area contributed by atoms with Crippen molar-refractivity contribution >= 4 is 17.7 Å². The maximum Gasteiger partial charge on any atom is 0.387 e. The van der Waals surface area contributed by atoms with Gasteiger partial charge in [-0.2, -0.15) is 19.3 Å². The average Bonchev–Trinajstić information content (AvgIpc) is 2.38. The van der Waals surface area contributed by atoms with Gasteiger partial charge >= 0.3 is 6.61 Å². The molecule has 0 heterocycles. The lowest BCUT2D eigenvalue weighted by Crippen LogP contribution is -2.04. The fraction of sp³-hybridized carbons (Fsp3) is 0.167. The second-order valence-corrected chi connectivity index (χ2v) is 3.60. The number of halogens is 3. The van der Waals surface area contributed by atoms with E-state index in [-0.39, 0.29) is 22.1 Å². The van der Waals surface area contributed by atoms with Crippen molar-refractivity contribution in [2.45, 2.75) is 6.61 Å². The molecule has 1 aromatic rings. The maximum absolute atomic E-state index is 12.2. The van der Waals surface area contributed by atoms with E-state index in [0.717, 1.165) is 0 Å². The van der Waals surface area contributed by atoms with Gasteiger partial charge in [0.05, 0.1) is 12.1 Å². The molecule has 0 saturated heterocycles. The second-order valence-electron chi connectivity index (χ2n) is 3.19. The molecule has 0 N–H and O–H groups in total. The lowest BCUT2D eigenvalue weighted by Gasteiger charge is -2.12. The molecule has 0 aliphatic rings. The summed E-state index contributed by atoms with van der Waals surface area (Å²) in [6.07, 6.45) is 1.25. The highest BCUT2D eigenvalue weighted by atomic mass is 35.5. The van der Waals surface area contributed by atoms with E-state index in [1.54, 1.807) is 12.1 Å². The Bertz CT molecular complexity index is 573. The van der Waals surface area contributed by atoms with Crippen LogP contribution in [0.4, 0.5) is 8.78 Å². The SMILES string of the molecule is COc1cc(C=C(C#N)C#N)cc(Cl)c1OC(F)F. The third-order valence-corrected chi connectivity index (χ3v) is 2.29. The number of benzene rings is 1. The number of ether oxygens (including phenoxy) is 2. The highest BCUT2D eigenvalue weighted by Crippen LogP contribution is 2.37. The van der Waals surface area contributed by atoms with Crippen LogP contribution in [0.15, 0.2) is 17.7 Å². The summed E-state index contributed by atoms with van der Waals surface area (Å²) in [5, 5.41) is 17.1. The Balaban J connectivity index is 3.29. The van der Waals surface area contributed by atoms with Crippen LogP contribution < -0.4 is 9.47 Å². The summed E-state index contributed by atoms with van der Waals surface area (Å²) in [5.41, 5.74) is 0.210. The molecule has 0 unspecified atom stereocenters. The normalized spacial score (nSPS) is 9.42. The molecule has 1 aromatic carbocycles. The summed E-state index contributed by atoms with van der Waals surface area (Å²) in [4.78, 5) is 0. The van der Waals surface area contributed by atoms with Crippen molar-refractivity contribution < 1.29 is 18.3 Å². The van der Waals surface area contributed by atoms with Crippen molar-refractivity contribution in [3.63, 3.8) is 0 Å². The van der Waals surface area contributed by atoms with Gasteiger partial charge in [0.1, 0.15) is 17.7 Å². The summed E-state index contributed by atoms with van der Waals surface area (Å²) in [6.45, 7) is -3.04. The van der Waals surface area contributed by atoms with Crippen LogP contribution in [0.3, 0.4) is 0 Å². The lowest BCUT2D eigenvalue weighted by molar-refractivity contribution is -0.0511. The number of hydrogen-bond acceptors (Lipinski definition) is 4. The zero-order chi connectivity index (χ0) is 14.4. The lowest BCUT2D eigenvalue weighted by atomic mass is 10.1. The fourth-order valence-corrected chi connectivity index (χ4v) is 1.55. The van der Waals surface area contributed by atoms with Crippen molar-refractivity contribution in [3.05, 3.63) is 28.3 Å². The van der Waals surface area contributed by atoms with Crippen LogP contribution >= 0.6 is 11.6 Å². The molecule has 0 aliphatic carbocycles. The molecule has 0 aromatic heterocycles. The molecule has 0 bridgehead atoms. The fourth-order valence-electron chi connectivity index (χ4n) is 1.28. The molecule has 0 amide bonds. The average molecular weight is 285 g/mol. The van der Waals surface area contributed by atoms with Gasteiger partial charge in [-0.05, 0) is 23.8 Å². The first-order chi connectivity index (χ1) is 9.01. The van der Waals surface area contributed by atoms with Crippen molar-refractivity contribution in [2.24, 2.45) is 0 Å². The summed E-state index contributed by atoms with van der Waals surface area (Å²) < 4.78 is 33.5. The molecule has 98 valence electrons. The zero-order valence-corrected chi connectivity index (χ0v) is 10.4. The maximum atomic E-state index is 12.2. The molecular formula is C12H7ClF2N2O2. The van der Waals surface area contributed by atoms with Crippen LogP contribution in [-0.4, -0.2) is 13.7 Å². The minimum atomic E-state index is -3.04. The predicted octanol–water partition coefficient (Wildman–Crippen LogP) is 3.38. The Kier molecular flexibility index (Phi) is 5.11. The molecule has 0 aliphatic heterocycles. The molecule has 7 heteroatoms. The van der Waals surface area contributed by atoms with Crippen LogP contribution in [0.1, 0.15) is 5.56 Å². The Morgan fingerprint density at radius 1 is 1.37 bits per heavy atom. The van der Waals surface area contributed by atoms with E-state index in [2.05, 4.69) is 4.74 Å². The summed E-state index contributed by atoms with van der Waals surface area (Å²) in [7, 11) is 1.26. The molecule has 0 fully saturated rings. The Morgan fingerprint density at radius 3 is 2.47 bits per heavy atom. The smallest absolute Gasteiger partial charge is 0.387 e. The Hall–Kier alpha value is -2.31. The van der Waals surface area contributed by atoms with E-state index < -0.39 is 6.61 Å². The Morgan fingerprint density at radius 2 is 2.00 bits per heavy atom. The van der Waals surface area contributed by atoms with Gasteiger partial charge < -0.3 is 9.47 Å². The van der Waals surface area contributed by atoms with Gasteiger partial charge in [-0.3, -0.25) is 0 Å². The highest BCUT2D eigenvalue weighted by Gasteiger charge is 2.15. The van der Waals surface area contributed by atoms with Crippen LogP contribution in [0.25, 0.3) is 6.08 Å². The van der Waals surface area contributed by atoms with Crippen LogP contribution in [0, 0.1) is 22.7 Å². The number of nitrogens with zero attached hydrogens (tertiary/aromatic N) is 2. The van der Waals surface area contributed by atoms with Gasteiger partial charge in [0.15, 0.2) is 11.5 Å². The molecule has 1 rings (SSSR count). The van der Waals surface area contributed by atoms with Crippen molar-refractivity contribution in [1.29, 1.82) is 10.5 Å². The van der Waals surface area contributed by atoms with E-state index in [9.17, 15) is 8.78 Å². The number of allylic oxidation sites excluding steroid dienone is 1. The quantitative estimate of drug-likeness (QED) is 0.795. The first kappa shape index (κ1) is 14.7. The molecule has 4 nitrogen and oxygen atoms in total. The van der Waals surface area contributed by atoms with E-state index in [1.807, 2.05) is 0 Å². The molecule has 19 heavy (non-hydrogen) atoms. The van der Waals surface area contributed by atoms with Gasteiger partial charge in [0, 0.05) is 0 Å². The topological polar surface area (TPSA) is 66.0 Å². The number of nitriles is 2. The number of rotatable bonds is 4. The predicted molar refractivity (Wildman–Crippen MR) is 63.8 cm³/mol. The number of alkyl halides is 2. The molecule has 0 atom stereocenters. The Labute approximate surface area is 113 Å². The first-order valence-electron chi connectivity index (χ1n) is 4.86. The second kappa shape index (κ2) is 6.58. The van der Waals surface area contributed by atoms with Gasteiger partial charge in [-0.25, -0.2) is 0 Å². The van der Waals surface area contributed by atoms with Crippen LogP contribution in [-0.2, 0) is 0 Å². The summed E-state index contributed by atoms with van der Waals surface area (Å²) >= 11 is 5.79. The van der Waals surface area contributed by atoms with Crippen molar-refractivity contribution in [1.82, 2.24) is 0 Å². The van der Waals surface area contributed by atoms with Crippen LogP contribution in [0.2, 0.25) is 5.02 Å². The molecule has 0 saturated carbocycles. The number of methoxy groups -OCH3 is 1. The minimum Gasteiger partial charge on any atom is -0.493 e. The zero-order valence-electron chi connectivity index (χ0n) is 9.65. The van der Waals surface area contributed by atoms with E-state index in [4.69, 9.17) is 26.9 Å². The minimum absolute atomic E-state index is 0.0192. The van der Waals surface area contributed by atoms with E-state index in [1.165, 1.54) is 25.3 Å². The van der Waals surface area contributed by atoms with Gasteiger partial charge in [-0.15, -0.1) is 0 Å². The third kappa shape index (κ3) is 3.84. The number of hydrogen-bond donors (Lipinski definition) is 0. The molecule has 0 spiro atoms. The van der Waals surface area contributed by atoms with Crippen LogP contribution in [0.5, 0.6) is 11.5 Å². The summed E-state index contributed by atoms with van der Waals surface area (Å²) in [6, 6.07) is 5.96.